The molecule has 5 rings (SSSR count). The van der Waals surface area contributed by atoms with Crippen LogP contribution in [-0.2, 0) is 0 Å². The lowest BCUT2D eigenvalue weighted by Gasteiger charge is -2.26. The van der Waals surface area contributed by atoms with Gasteiger partial charge in [-0.2, -0.15) is 0 Å². The van der Waals surface area contributed by atoms with E-state index in [1.54, 1.807) is 25.4 Å². The third-order valence-corrected chi connectivity index (χ3v) is 6.49. The minimum Gasteiger partial charge on any atom is -0.497 e. The summed E-state index contributed by atoms with van der Waals surface area (Å²) in [5.41, 5.74) is 2.28. The second kappa shape index (κ2) is 9.40. The zero-order chi connectivity index (χ0) is 24.5. The Bertz CT molecular complexity index is 1390. The minimum absolute atomic E-state index is 0.122. The van der Waals surface area contributed by atoms with Gasteiger partial charge >= 0.3 is 5.97 Å². The number of rotatable bonds is 6. The number of thiocarbonyl (C=S) groups is 1. The van der Waals surface area contributed by atoms with E-state index in [2.05, 4.69) is 10.3 Å². The zero-order valence-corrected chi connectivity index (χ0v) is 20.1. The Morgan fingerprint density at radius 2 is 1.94 bits per heavy atom. The van der Waals surface area contributed by atoms with Crippen molar-refractivity contribution in [3.63, 3.8) is 0 Å². The number of carboxylic acids is 1. The maximum Gasteiger partial charge on any atom is 0.335 e. The van der Waals surface area contributed by atoms with E-state index in [9.17, 15) is 9.90 Å². The Kier molecular flexibility index (Phi) is 6.15. The topological polar surface area (TPSA) is 87.8 Å². The lowest BCUT2D eigenvalue weighted by molar-refractivity contribution is 0.0697. The van der Waals surface area contributed by atoms with Crippen molar-refractivity contribution in [2.45, 2.75) is 12.1 Å². The van der Waals surface area contributed by atoms with Crippen molar-refractivity contribution >= 4 is 40.6 Å². The predicted octanol–water partition coefficient (Wildman–Crippen LogP) is 5.88. The molecule has 0 radical (unpaired) electrons. The molecule has 176 valence electrons. The molecule has 35 heavy (non-hydrogen) atoms. The van der Waals surface area contributed by atoms with Crippen LogP contribution in [0.4, 0.5) is 5.69 Å². The van der Waals surface area contributed by atoms with Crippen LogP contribution < -0.4 is 15.0 Å². The Hall–Kier alpha value is -3.88. The number of furan rings is 1. The van der Waals surface area contributed by atoms with E-state index in [4.69, 9.17) is 33.0 Å². The van der Waals surface area contributed by atoms with Gasteiger partial charge in [0.25, 0.3) is 0 Å². The molecule has 0 unspecified atom stereocenters. The van der Waals surface area contributed by atoms with Gasteiger partial charge in [-0.05, 0) is 78.9 Å². The Morgan fingerprint density at radius 3 is 2.63 bits per heavy atom. The van der Waals surface area contributed by atoms with E-state index in [0.29, 0.717) is 27.2 Å². The van der Waals surface area contributed by atoms with E-state index in [0.717, 1.165) is 17.1 Å². The summed E-state index contributed by atoms with van der Waals surface area (Å²) in [6.45, 7) is 0. The van der Waals surface area contributed by atoms with Crippen molar-refractivity contribution in [2.24, 2.45) is 0 Å². The van der Waals surface area contributed by atoms with E-state index < -0.39 is 5.97 Å². The first-order valence-corrected chi connectivity index (χ1v) is 11.5. The number of anilines is 1. The van der Waals surface area contributed by atoms with Crippen LogP contribution in [0.3, 0.4) is 0 Å². The average Bonchev–Trinajstić information content (AvgIpc) is 3.49. The highest BCUT2D eigenvalue weighted by atomic mass is 35.5. The predicted molar refractivity (Wildman–Crippen MR) is 137 cm³/mol. The second-order valence-electron chi connectivity index (χ2n) is 7.90. The molecule has 0 amide bonds. The fourth-order valence-electron chi connectivity index (χ4n) is 4.17. The van der Waals surface area contributed by atoms with Crippen LogP contribution in [-0.4, -0.2) is 28.3 Å². The molecule has 7 nitrogen and oxygen atoms in total. The number of halogens is 1. The van der Waals surface area contributed by atoms with Gasteiger partial charge in [-0.1, -0.05) is 17.7 Å². The number of nitrogens with one attached hydrogen (secondary N) is 1. The smallest absolute Gasteiger partial charge is 0.335 e. The standard InChI is InChI=1S/C26H20ClN3O4S/c1-33-17-8-6-16(7-9-17)30-24(23(29-26(30)35)20-4-2-3-13-28-20)22-12-11-21(34-22)18-14-15(25(31)32)5-10-19(18)27/h2-14,23-24H,1H3,(H,29,35)(H,31,32)/t23-,24+/m0/s1. The van der Waals surface area contributed by atoms with Gasteiger partial charge in [0.05, 0.1) is 29.4 Å². The molecule has 0 spiro atoms. The molecule has 1 fully saturated rings. The number of ether oxygens (including phenoxy) is 1. The first-order chi connectivity index (χ1) is 17.0. The fourth-order valence-corrected chi connectivity index (χ4v) is 4.73. The minimum atomic E-state index is -1.04. The van der Waals surface area contributed by atoms with Crippen molar-refractivity contribution in [1.29, 1.82) is 0 Å². The molecule has 0 saturated carbocycles. The third kappa shape index (κ3) is 4.34. The van der Waals surface area contributed by atoms with Crippen LogP contribution in [0.1, 0.15) is 33.9 Å². The van der Waals surface area contributed by atoms with Crippen LogP contribution in [0.5, 0.6) is 5.75 Å². The van der Waals surface area contributed by atoms with Crippen molar-refractivity contribution in [1.82, 2.24) is 10.3 Å². The van der Waals surface area contributed by atoms with Gasteiger partial charge in [-0.3, -0.25) is 4.98 Å². The number of aromatic carboxylic acids is 1. The van der Waals surface area contributed by atoms with Gasteiger partial charge < -0.3 is 24.5 Å². The number of aromatic nitrogens is 1. The molecule has 1 saturated heterocycles. The quantitative estimate of drug-likeness (QED) is 0.314. The molecular weight excluding hydrogens is 486 g/mol. The lowest BCUT2D eigenvalue weighted by Crippen LogP contribution is -2.29. The number of hydrogen-bond acceptors (Lipinski definition) is 5. The number of pyridine rings is 1. The molecule has 1 aliphatic rings. The molecule has 2 N–H and O–H groups in total. The summed E-state index contributed by atoms with van der Waals surface area (Å²) in [4.78, 5) is 18.0. The molecule has 3 heterocycles. The molecule has 9 heteroatoms. The molecule has 2 aromatic heterocycles. The maximum absolute atomic E-state index is 11.5. The van der Waals surface area contributed by atoms with Gasteiger partial charge in [-0.25, -0.2) is 4.79 Å². The zero-order valence-electron chi connectivity index (χ0n) is 18.5. The summed E-state index contributed by atoms with van der Waals surface area (Å²) in [5, 5.41) is 13.7. The average molecular weight is 506 g/mol. The highest BCUT2D eigenvalue weighted by Gasteiger charge is 2.42. The number of benzene rings is 2. The molecular formula is C26H20ClN3O4S. The van der Waals surface area contributed by atoms with Gasteiger partial charge in [0, 0.05) is 17.4 Å². The maximum atomic E-state index is 11.5. The Labute approximate surface area is 211 Å². The summed E-state index contributed by atoms with van der Waals surface area (Å²) < 4.78 is 11.6. The highest BCUT2D eigenvalue weighted by molar-refractivity contribution is 7.80. The second-order valence-corrected chi connectivity index (χ2v) is 8.69. The van der Waals surface area contributed by atoms with E-state index in [1.165, 1.54) is 12.1 Å². The molecule has 2 aromatic carbocycles. The first kappa shape index (κ1) is 22.9. The lowest BCUT2D eigenvalue weighted by atomic mass is 10.0. The van der Waals surface area contributed by atoms with Crippen LogP contribution in [0.15, 0.2) is 83.4 Å². The van der Waals surface area contributed by atoms with Crippen molar-refractivity contribution in [2.75, 3.05) is 12.0 Å². The van der Waals surface area contributed by atoms with Crippen LogP contribution in [0.2, 0.25) is 5.02 Å². The van der Waals surface area contributed by atoms with E-state index in [1.807, 2.05) is 53.4 Å². The SMILES string of the molecule is COc1ccc(N2C(=S)N[C@@H](c3ccccn3)[C@H]2c2ccc(-c3cc(C(=O)O)ccc3Cl)o2)cc1. The number of carbonyl (C=O) groups is 1. The Balaban J connectivity index is 1.60. The van der Waals surface area contributed by atoms with Crippen LogP contribution in [0, 0.1) is 0 Å². The molecule has 1 aliphatic heterocycles. The molecule has 0 aliphatic carbocycles. The largest absolute Gasteiger partial charge is 0.497 e. The summed E-state index contributed by atoms with van der Waals surface area (Å²) >= 11 is 12.1. The number of methoxy groups -OCH3 is 1. The summed E-state index contributed by atoms with van der Waals surface area (Å²) in [6.07, 6.45) is 1.73. The van der Waals surface area contributed by atoms with Gasteiger partial charge in [-0.15, -0.1) is 0 Å². The van der Waals surface area contributed by atoms with Crippen molar-refractivity contribution < 1.29 is 19.1 Å². The van der Waals surface area contributed by atoms with Gasteiger partial charge in [0.15, 0.2) is 5.11 Å². The molecule has 0 bridgehead atoms. The van der Waals surface area contributed by atoms with Crippen LogP contribution >= 0.6 is 23.8 Å². The van der Waals surface area contributed by atoms with Gasteiger partial charge in [0.2, 0.25) is 0 Å². The summed E-state index contributed by atoms with van der Waals surface area (Å²) in [7, 11) is 1.62. The third-order valence-electron chi connectivity index (χ3n) is 5.85. The monoisotopic (exact) mass is 505 g/mol. The molecule has 2 atom stereocenters. The normalized spacial score (nSPS) is 17.3. The highest BCUT2D eigenvalue weighted by Crippen LogP contribution is 2.43. The fraction of sp³-hybridized carbons (Fsp3) is 0.115. The number of hydrogen-bond donors (Lipinski definition) is 2. The first-order valence-electron chi connectivity index (χ1n) is 10.7. The van der Waals surface area contributed by atoms with E-state index in [-0.39, 0.29) is 17.6 Å². The van der Waals surface area contributed by atoms with Crippen molar-refractivity contribution in [3.05, 3.63) is 101 Å². The van der Waals surface area contributed by atoms with Crippen LogP contribution in [0.25, 0.3) is 11.3 Å². The summed E-state index contributed by atoms with van der Waals surface area (Å²) in [5.74, 6) is 0.773. The molecule has 4 aromatic rings. The summed E-state index contributed by atoms with van der Waals surface area (Å²) in [6, 6.07) is 20.8. The van der Waals surface area contributed by atoms with E-state index >= 15 is 0 Å². The van der Waals surface area contributed by atoms with Crippen molar-refractivity contribution in [3.8, 4) is 17.1 Å². The van der Waals surface area contributed by atoms with Gasteiger partial charge in [0.1, 0.15) is 23.3 Å². The Morgan fingerprint density at radius 1 is 1.14 bits per heavy atom. The number of carboxylic acid groups (broad SMARTS) is 1. The number of nitrogens with zero attached hydrogens (tertiary/aromatic N) is 2.